The largest absolute Gasteiger partial charge is 0.461 e. The quantitative estimate of drug-likeness (QED) is 0.797. The van der Waals surface area contributed by atoms with E-state index in [-0.39, 0.29) is 17.9 Å². The third kappa shape index (κ3) is 2.87. The molecule has 0 aliphatic heterocycles. The Hall–Kier alpha value is -1.43. The van der Waals surface area contributed by atoms with Crippen LogP contribution in [0.3, 0.4) is 0 Å². The van der Waals surface area contributed by atoms with Crippen molar-refractivity contribution in [3.05, 3.63) is 34.4 Å². The van der Waals surface area contributed by atoms with Crippen LogP contribution < -0.4 is 0 Å². The highest BCUT2D eigenvalue weighted by Gasteiger charge is 2.15. The van der Waals surface area contributed by atoms with Crippen LogP contribution >= 0.6 is 15.9 Å². The van der Waals surface area contributed by atoms with Crippen molar-refractivity contribution in [1.82, 2.24) is 9.38 Å². The second-order valence-electron chi connectivity index (χ2n) is 3.06. The molecule has 2 aromatic rings. The molecule has 0 unspecified atom stereocenters. The van der Waals surface area contributed by atoms with Crippen molar-refractivity contribution in [3.8, 4) is 0 Å². The Kier molecular flexibility index (Phi) is 5.27. The molecule has 0 atom stereocenters. The molecule has 2 rings (SSSR count). The topological polar surface area (TPSA) is 43.6 Å². The first-order chi connectivity index (χ1) is 8.63. The van der Waals surface area contributed by atoms with Crippen molar-refractivity contribution < 1.29 is 13.9 Å². The molecule has 0 fully saturated rings. The maximum absolute atomic E-state index is 13.4. The molecule has 18 heavy (non-hydrogen) atoms. The van der Waals surface area contributed by atoms with Crippen LogP contribution in [0.2, 0.25) is 0 Å². The van der Waals surface area contributed by atoms with Crippen LogP contribution in [0.4, 0.5) is 4.39 Å². The molecule has 0 bridgehead atoms. The van der Waals surface area contributed by atoms with E-state index < -0.39 is 11.8 Å². The van der Waals surface area contributed by atoms with Crippen LogP contribution in [0.1, 0.15) is 31.3 Å². The number of imidazole rings is 1. The highest BCUT2D eigenvalue weighted by molar-refractivity contribution is 9.10. The van der Waals surface area contributed by atoms with E-state index in [1.54, 1.807) is 13.1 Å². The summed E-state index contributed by atoms with van der Waals surface area (Å²) >= 11 is 3.15. The van der Waals surface area contributed by atoms with Crippen LogP contribution in [0.25, 0.3) is 5.65 Å². The summed E-state index contributed by atoms with van der Waals surface area (Å²) in [5.41, 5.74) is 0.309. The summed E-state index contributed by atoms with van der Waals surface area (Å²) in [4.78, 5) is 15.4. The minimum Gasteiger partial charge on any atom is -0.461 e. The van der Waals surface area contributed by atoms with Crippen LogP contribution in [0, 0.1) is 5.82 Å². The lowest BCUT2D eigenvalue weighted by molar-refractivity contribution is 0.0518. The number of hydrogen-bond acceptors (Lipinski definition) is 3. The average Bonchev–Trinajstić information content (AvgIpc) is 2.76. The van der Waals surface area contributed by atoms with Crippen molar-refractivity contribution in [2.45, 2.75) is 20.8 Å². The molecule has 98 valence electrons. The predicted molar refractivity (Wildman–Crippen MR) is 70.2 cm³/mol. The van der Waals surface area contributed by atoms with Crippen LogP contribution in [0.5, 0.6) is 0 Å². The van der Waals surface area contributed by atoms with Gasteiger partial charge in [-0.3, -0.25) is 4.40 Å². The molecule has 0 radical (unpaired) electrons. The van der Waals surface area contributed by atoms with Gasteiger partial charge in [-0.1, -0.05) is 13.8 Å². The highest BCUT2D eigenvalue weighted by Crippen LogP contribution is 2.17. The molecule has 0 aliphatic carbocycles. The molecule has 0 amide bonds. The van der Waals surface area contributed by atoms with E-state index in [1.165, 1.54) is 16.7 Å². The SMILES string of the molecule is CC.CCOC(=O)c1cnc2c(F)cc(Br)cn12. The molecule has 0 N–H and O–H groups in total. The molecule has 0 aromatic carbocycles. The van der Waals surface area contributed by atoms with Gasteiger partial charge in [0.1, 0.15) is 0 Å². The number of aromatic nitrogens is 2. The van der Waals surface area contributed by atoms with E-state index in [0.29, 0.717) is 4.47 Å². The van der Waals surface area contributed by atoms with E-state index in [9.17, 15) is 9.18 Å². The molecule has 6 heteroatoms. The first-order valence-electron chi connectivity index (χ1n) is 5.62. The molecule has 2 aromatic heterocycles. The monoisotopic (exact) mass is 316 g/mol. The zero-order chi connectivity index (χ0) is 13.7. The van der Waals surface area contributed by atoms with Crippen LogP contribution in [-0.2, 0) is 4.74 Å². The van der Waals surface area contributed by atoms with Crippen molar-refractivity contribution in [2.75, 3.05) is 6.61 Å². The standard InChI is InChI=1S/C10H8BrFN2O2.C2H6/c1-2-16-10(15)8-4-13-9-7(12)3-6(11)5-14(8)9;1-2/h3-5H,2H2,1H3;1-2H3. The van der Waals surface area contributed by atoms with Gasteiger partial charge in [-0.15, -0.1) is 0 Å². The molecular formula is C12H14BrFN2O2. The van der Waals surface area contributed by atoms with Gasteiger partial charge in [0.15, 0.2) is 17.2 Å². The zero-order valence-electron chi connectivity index (χ0n) is 10.4. The lowest BCUT2D eigenvalue weighted by Gasteiger charge is -2.02. The molecule has 2 heterocycles. The van der Waals surface area contributed by atoms with E-state index in [1.807, 2.05) is 13.8 Å². The molecular weight excluding hydrogens is 303 g/mol. The molecule has 0 saturated heterocycles. The number of esters is 1. The fourth-order valence-electron chi connectivity index (χ4n) is 1.37. The lowest BCUT2D eigenvalue weighted by Crippen LogP contribution is -2.08. The Bertz CT molecular complexity index is 554. The maximum atomic E-state index is 13.4. The summed E-state index contributed by atoms with van der Waals surface area (Å²) in [5, 5.41) is 0. The number of nitrogens with zero attached hydrogens (tertiary/aromatic N) is 2. The van der Waals surface area contributed by atoms with E-state index in [4.69, 9.17) is 4.74 Å². The number of fused-ring (bicyclic) bond motifs is 1. The van der Waals surface area contributed by atoms with E-state index >= 15 is 0 Å². The minimum absolute atomic E-state index is 0.103. The summed E-state index contributed by atoms with van der Waals surface area (Å²) in [6, 6.07) is 1.29. The third-order valence-corrected chi connectivity index (χ3v) is 2.45. The maximum Gasteiger partial charge on any atom is 0.356 e. The van der Waals surface area contributed by atoms with Gasteiger partial charge in [0.05, 0.1) is 12.8 Å². The van der Waals surface area contributed by atoms with Gasteiger partial charge in [0.25, 0.3) is 0 Å². The summed E-state index contributed by atoms with van der Waals surface area (Å²) < 4.78 is 20.2. The first kappa shape index (κ1) is 14.6. The Morgan fingerprint density at radius 3 is 2.83 bits per heavy atom. The third-order valence-electron chi connectivity index (χ3n) is 2.01. The van der Waals surface area contributed by atoms with E-state index in [0.717, 1.165) is 0 Å². The van der Waals surface area contributed by atoms with Gasteiger partial charge in [-0.25, -0.2) is 14.2 Å². The molecule has 4 nitrogen and oxygen atoms in total. The number of halogens is 2. The first-order valence-corrected chi connectivity index (χ1v) is 6.42. The number of carbonyl (C=O) groups excluding carboxylic acids is 1. The van der Waals surface area contributed by atoms with E-state index in [2.05, 4.69) is 20.9 Å². The van der Waals surface area contributed by atoms with Gasteiger partial charge in [0.2, 0.25) is 0 Å². The normalized spacial score (nSPS) is 9.83. The fourth-order valence-corrected chi connectivity index (χ4v) is 1.78. The second kappa shape index (κ2) is 6.49. The number of carbonyl (C=O) groups is 1. The smallest absolute Gasteiger partial charge is 0.356 e. The predicted octanol–water partition coefficient (Wildman–Crippen LogP) is 3.44. The van der Waals surface area contributed by atoms with Crippen molar-refractivity contribution in [1.29, 1.82) is 0 Å². The van der Waals surface area contributed by atoms with Crippen molar-refractivity contribution in [2.24, 2.45) is 0 Å². The molecule has 0 spiro atoms. The van der Waals surface area contributed by atoms with Gasteiger partial charge in [-0.05, 0) is 28.9 Å². The Labute approximate surface area is 113 Å². The highest BCUT2D eigenvalue weighted by atomic mass is 79.9. The van der Waals surface area contributed by atoms with Gasteiger partial charge in [-0.2, -0.15) is 0 Å². The summed E-state index contributed by atoms with van der Waals surface area (Å²) in [6.45, 7) is 5.97. The number of ether oxygens (including phenoxy) is 1. The molecule has 0 aliphatic rings. The van der Waals surface area contributed by atoms with Crippen molar-refractivity contribution in [3.63, 3.8) is 0 Å². The lowest BCUT2D eigenvalue weighted by atomic mass is 10.4. The second-order valence-corrected chi connectivity index (χ2v) is 3.98. The Balaban J connectivity index is 0.000000771. The van der Waals surface area contributed by atoms with Gasteiger partial charge < -0.3 is 4.74 Å². The number of pyridine rings is 1. The average molecular weight is 317 g/mol. The Morgan fingerprint density at radius 2 is 2.22 bits per heavy atom. The zero-order valence-corrected chi connectivity index (χ0v) is 12.0. The van der Waals surface area contributed by atoms with Gasteiger partial charge >= 0.3 is 5.97 Å². The number of hydrogen-bond donors (Lipinski definition) is 0. The fraction of sp³-hybridized carbons (Fsp3) is 0.333. The summed E-state index contributed by atoms with van der Waals surface area (Å²) in [7, 11) is 0. The van der Waals surface area contributed by atoms with Crippen LogP contribution in [-0.4, -0.2) is 22.0 Å². The minimum atomic E-state index is -0.521. The number of rotatable bonds is 2. The van der Waals surface area contributed by atoms with Gasteiger partial charge in [0, 0.05) is 10.7 Å². The molecule has 0 saturated carbocycles. The Morgan fingerprint density at radius 1 is 1.56 bits per heavy atom. The summed E-state index contributed by atoms with van der Waals surface area (Å²) in [6.07, 6.45) is 2.86. The summed E-state index contributed by atoms with van der Waals surface area (Å²) in [5.74, 6) is -1.02. The van der Waals surface area contributed by atoms with Crippen molar-refractivity contribution >= 4 is 27.5 Å². The van der Waals surface area contributed by atoms with Crippen LogP contribution in [0.15, 0.2) is 22.9 Å².